The fraction of sp³-hybridized carbons (Fsp3) is 0.600. The molecule has 1 atom stereocenters. The van der Waals surface area contributed by atoms with Crippen LogP contribution >= 0.6 is 0 Å². The van der Waals surface area contributed by atoms with E-state index in [1.165, 1.54) is 13.3 Å². The van der Waals surface area contributed by atoms with Gasteiger partial charge in [0, 0.05) is 45.2 Å². The van der Waals surface area contributed by atoms with Crippen LogP contribution in [0.2, 0.25) is 0 Å². The summed E-state index contributed by atoms with van der Waals surface area (Å²) in [6, 6.07) is 1.35. The largest absolute Gasteiger partial charge is 0.366 e. The van der Waals surface area contributed by atoms with Crippen LogP contribution in [0.15, 0.2) is 12.4 Å². The molecular formula is C15H21N5O4S. The summed E-state index contributed by atoms with van der Waals surface area (Å²) in [5.74, 6) is 0.484. The molecule has 1 N–H and O–H groups in total. The summed E-state index contributed by atoms with van der Waals surface area (Å²) >= 11 is 0. The molecule has 25 heavy (non-hydrogen) atoms. The minimum absolute atomic E-state index is 0.00661. The van der Waals surface area contributed by atoms with Gasteiger partial charge in [-0.15, -0.1) is 0 Å². The summed E-state index contributed by atoms with van der Waals surface area (Å²) in [6.07, 6.45) is 1.83. The number of nitrogens with one attached hydrogen (secondary N) is 1. The topological polar surface area (TPSA) is 113 Å². The molecule has 0 radical (unpaired) electrons. The molecule has 0 saturated carbocycles. The Labute approximate surface area is 146 Å². The minimum atomic E-state index is -2.98. The van der Waals surface area contributed by atoms with Crippen molar-refractivity contribution in [3.05, 3.63) is 18.1 Å². The monoisotopic (exact) mass is 367 g/mol. The van der Waals surface area contributed by atoms with E-state index in [2.05, 4.69) is 15.3 Å². The second-order valence-electron chi connectivity index (χ2n) is 6.33. The quantitative estimate of drug-likeness (QED) is 0.757. The molecule has 2 aliphatic heterocycles. The van der Waals surface area contributed by atoms with Gasteiger partial charge in [-0.05, 0) is 6.42 Å². The Bertz CT molecular complexity index is 774. The molecule has 2 amide bonds. The van der Waals surface area contributed by atoms with Gasteiger partial charge < -0.3 is 15.1 Å². The smallest absolute Gasteiger partial charge is 0.272 e. The Morgan fingerprint density at radius 1 is 1.16 bits per heavy atom. The molecule has 9 nitrogen and oxygen atoms in total. The summed E-state index contributed by atoms with van der Waals surface area (Å²) < 4.78 is 23.1. The zero-order valence-corrected chi connectivity index (χ0v) is 14.8. The first kappa shape index (κ1) is 17.6. The van der Waals surface area contributed by atoms with Crippen LogP contribution in [0.25, 0.3) is 0 Å². The van der Waals surface area contributed by atoms with Crippen molar-refractivity contribution >= 4 is 27.5 Å². The van der Waals surface area contributed by atoms with E-state index < -0.39 is 9.84 Å². The summed E-state index contributed by atoms with van der Waals surface area (Å²) in [5.41, 5.74) is 0.259. The lowest BCUT2D eigenvalue weighted by molar-refractivity contribution is -0.130. The van der Waals surface area contributed by atoms with Crippen LogP contribution in [0.5, 0.6) is 0 Å². The lowest BCUT2D eigenvalue weighted by Gasteiger charge is -2.34. The molecule has 0 bridgehead atoms. The van der Waals surface area contributed by atoms with Crippen LogP contribution in [0.1, 0.15) is 23.8 Å². The second kappa shape index (κ2) is 6.95. The van der Waals surface area contributed by atoms with Crippen molar-refractivity contribution in [3.63, 3.8) is 0 Å². The number of piperazine rings is 1. The highest BCUT2D eigenvalue weighted by Gasteiger charge is 2.28. The van der Waals surface area contributed by atoms with Gasteiger partial charge in [0.05, 0.1) is 11.5 Å². The molecule has 0 aromatic carbocycles. The van der Waals surface area contributed by atoms with Gasteiger partial charge in [-0.1, -0.05) is 0 Å². The van der Waals surface area contributed by atoms with Crippen molar-refractivity contribution in [1.29, 1.82) is 0 Å². The molecule has 0 aliphatic carbocycles. The number of carbonyl (C=O) groups is 2. The Balaban J connectivity index is 1.63. The first-order chi connectivity index (χ1) is 11.8. The Kier molecular flexibility index (Phi) is 4.89. The molecule has 2 fully saturated rings. The Morgan fingerprint density at radius 3 is 2.44 bits per heavy atom. The first-order valence-electron chi connectivity index (χ1n) is 8.18. The molecule has 3 heterocycles. The standard InChI is InChI=1S/C15H21N5O4S/c1-11(21)19-3-5-20(6-4-19)15(22)13-8-14(17-10-16-13)18-12-2-7-25(23,24)9-12/h8,10,12H,2-7,9H2,1H3,(H,16,17,18). The van der Waals surface area contributed by atoms with Crippen molar-refractivity contribution in [2.24, 2.45) is 0 Å². The third-order valence-electron chi connectivity index (χ3n) is 4.48. The number of sulfone groups is 1. The summed E-state index contributed by atoms with van der Waals surface area (Å²) in [4.78, 5) is 35.4. The van der Waals surface area contributed by atoms with Crippen LogP contribution in [0, 0.1) is 0 Å². The van der Waals surface area contributed by atoms with Gasteiger partial charge in [0.15, 0.2) is 9.84 Å². The van der Waals surface area contributed by atoms with Crippen molar-refractivity contribution in [2.45, 2.75) is 19.4 Å². The normalized spacial score (nSPS) is 22.7. The number of hydrogen-bond acceptors (Lipinski definition) is 7. The van der Waals surface area contributed by atoms with Crippen molar-refractivity contribution in [2.75, 3.05) is 43.0 Å². The highest BCUT2D eigenvalue weighted by atomic mass is 32.2. The molecule has 0 spiro atoms. The van der Waals surface area contributed by atoms with Gasteiger partial charge in [0.25, 0.3) is 5.91 Å². The van der Waals surface area contributed by atoms with Crippen molar-refractivity contribution < 1.29 is 18.0 Å². The molecule has 3 rings (SSSR count). The van der Waals surface area contributed by atoms with Crippen LogP contribution in [0.4, 0.5) is 5.82 Å². The zero-order chi connectivity index (χ0) is 18.0. The average molecular weight is 367 g/mol. The Morgan fingerprint density at radius 2 is 1.84 bits per heavy atom. The maximum absolute atomic E-state index is 12.6. The number of rotatable bonds is 3. The van der Waals surface area contributed by atoms with E-state index >= 15 is 0 Å². The van der Waals surface area contributed by atoms with Crippen molar-refractivity contribution in [1.82, 2.24) is 19.8 Å². The van der Waals surface area contributed by atoms with E-state index in [9.17, 15) is 18.0 Å². The molecule has 1 aromatic rings. The van der Waals surface area contributed by atoms with Gasteiger partial charge in [-0.2, -0.15) is 0 Å². The third-order valence-corrected chi connectivity index (χ3v) is 6.25. The van der Waals surface area contributed by atoms with Crippen molar-refractivity contribution in [3.8, 4) is 0 Å². The minimum Gasteiger partial charge on any atom is -0.366 e. The lowest BCUT2D eigenvalue weighted by Crippen LogP contribution is -2.50. The zero-order valence-electron chi connectivity index (χ0n) is 14.0. The number of anilines is 1. The number of aromatic nitrogens is 2. The van der Waals surface area contributed by atoms with Crippen LogP contribution in [-0.2, 0) is 14.6 Å². The fourth-order valence-corrected chi connectivity index (χ4v) is 4.73. The van der Waals surface area contributed by atoms with Crippen LogP contribution < -0.4 is 5.32 Å². The highest BCUT2D eigenvalue weighted by Crippen LogP contribution is 2.17. The maximum Gasteiger partial charge on any atom is 0.272 e. The molecule has 1 unspecified atom stereocenters. The molecule has 2 saturated heterocycles. The average Bonchev–Trinajstić information content (AvgIpc) is 2.93. The van der Waals surface area contributed by atoms with Gasteiger partial charge in [-0.3, -0.25) is 9.59 Å². The summed E-state index contributed by atoms with van der Waals surface area (Å²) in [6.45, 7) is 3.47. The number of amides is 2. The van der Waals surface area contributed by atoms with Gasteiger partial charge in [-0.25, -0.2) is 18.4 Å². The predicted molar refractivity (Wildman–Crippen MR) is 90.9 cm³/mol. The number of hydrogen-bond donors (Lipinski definition) is 1. The van der Waals surface area contributed by atoms with E-state index in [-0.39, 0.29) is 35.1 Å². The van der Waals surface area contributed by atoms with E-state index in [1.807, 2.05) is 0 Å². The van der Waals surface area contributed by atoms with Gasteiger partial charge in [0.2, 0.25) is 5.91 Å². The summed E-state index contributed by atoms with van der Waals surface area (Å²) in [7, 11) is -2.98. The predicted octanol–water partition coefficient (Wildman–Crippen LogP) is -0.620. The molecule has 136 valence electrons. The first-order valence-corrected chi connectivity index (χ1v) is 10.00. The molecular weight excluding hydrogens is 346 g/mol. The summed E-state index contributed by atoms with van der Waals surface area (Å²) in [5, 5.41) is 3.06. The second-order valence-corrected chi connectivity index (χ2v) is 8.56. The third kappa shape index (κ3) is 4.25. The van der Waals surface area contributed by atoms with E-state index in [1.54, 1.807) is 15.9 Å². The Hall–Kier alpha value is -2.23. The van der Waals surface area contributed by atoms with Gasteiger partial charge in [0.1, 0.15) is 17.8 Å². The van der Waals surface area contributed by atoms with Gasteiger partial charge >= 0.3 is 0 Å². The van der Waals surface area contributed by atoms with E-state index in [0.29, 0.717) is 38.4 Å². The molecule has 1 aromatic heterocycles. The highest BCUT2D eigenvalue weighted by molar-refractivity contribution is 7.91. The van der Waals surface area contributed by atoms with Crippen LogP contribution in [-0.4, -0.2) is 83.7 Å². The number of carbonyl (C=O) groups excluding carboxylic acids is 2. The fourth-order valence-electron chi connectivity index (χ4n) is 3.06. The maximum atomic E-state index is 12.6. The van der Waals surface area contributed by atoms with E-state index in [0.717, 1.165) is 0 Å². The van der Waals surface area contributed by atoms with E-state index in [4.69, 9.17) is 0 Å². The molecule has 2 aliphatic rings. The SMILES string of the molecule is CC(=O)N1CCN(C(=O)c2cc(NC3CCS(=O)(=O)C3)ncn2)CC1. The number of nitrogens with zero attached hydrogens (tertiary/aromatic N) is 4. The lowest BCUT2D eigenvalue weighted by atomic mass is 10.2. The van der Waals surface area contributed by atoms with Crippen LogP contribution in [0.3, 0.4) is 0 Å². The molecule has 10 heteroatoms.